The summed E-state index contributed by atoms with van der Waals surface area (Å²) in [5.41, 5.74) is 7.02. The van der Waals surface area contributed by atoms with Gasteiger partial charge in [-0.25, -0.2) is 15.0 Å². The first-order valence-corrected chi connectivity index (χ1v) is 19.4. The molecule has 12 aromatic rings. The van der Waals surface area contributed by atoms with Crippen molar-refractivity contribution >= 4 is 85.5 Å². The lowest BCUT2D eigenvalue weighted by molar-refractivity contribution is 1.19. The summed E-state index contributed by atoms with van der Waals surface area (Å²) in [6, 6.07) is 63.0. The maximum absolute atomic E-state index is 5.42. The minimum atomic E-state index is 0.697. The van der Waals surface area contributed by atoms with E-state index in [-0.39, 0.29) is 0 Å². The van der Waals surface area contributed by atoms with Crippen molar-refractivity contribution in [1.29, 1.82) is 0 Å². The van der Waals surface area contributed by atoms with Crippen LogP contribution in [0.5, 0.6) is 0 Å². The lowest BCUT2D eigenvalue weighted by atomic mass is 9.91. The average Bonchev–Trinajstić information content (AvgIpc) is 3.64. The number of pyridine rings is 1. The second kappa shape index (κ2) is 11.7. The van der Waals surface area contributed by atoms with E-state index < -0.39 is 0 Å². The SMILES string of the molecule is c1ccc(-c2cc(-c3ccc4ccc5cccc6ccc3c4c56)nc(-c3ccc(-c4nc5sc6ccccc6c5c5ccccc45)c4ccccc34)n2)cc1. The van der Waals surface area contributed by atoms with Gasteiger partial charge in [0, 0.05) is 43.1 Å². The molecule has 9 aromatic carbocycles. The predicted octanol–water partition coefficient (Wildman–Crippen LogP) is 14.1. The topological polar surface area (TPSA) is 38.7 Å². The summed E-state index contributed by atoms with van der Waals surface area (Å²) in [6.45, 7) is 0. The summed E-state index contributed by atoms with van der Waals surface area (Å²) in [7, 11) is 0. The molecule has 0 amide bonds. The molecule has 254 valence electrons. The lowest BCUT2D eigenvalue weighted by Gasteiger charge is -2.16. The summed E-state index contributed by atoms with van der Waals surface area (Å²) in [4.78, 5) is 17.2. The zero-order valence-corrected chi connectivity index (χ0v) is 30.3. The van der Waals surface area contributed by atoms with E-state index in [1.807, 2.05) is 6.07 Å². The highest BCUT2D eigenvalue weighted by Gasteiger charge is 2.20. The molecule has 0 unspecified atom stereocenters. The largest absolute Gasteiger partial charge is 0.236 e. The molecule has 0 aliphatic carbocycles. The highest BCUT2D eigenvalue weighted by atomic mass is 32.1. The maximum atomic E-state index is 5.42. The third kappa shape index (κ3) is 4.59. The Bertz CT molecular complexity index is 3480. The Morgan fingerprint density at radius 2 is 0.945 bits per heavy atom. The van der Waals surface area contributed by atoms with E-state index in [9.17, 15) is 0 Å². The first-order valence-electron chi connectivity index (χ1n) is 18.6. The van der Waals surface area contributed by atoms with Crippen LogP contribution in [-0.2, 0) is 0 Å². The molecule has 0 N–H and O–H groups in total. The second-order valence-electron chi connectivity index (χ2n) is 14.3. The fourth-order valence-electron chi connectivity index (χ4n) is 8.77. The molecule has 0 aliphatic rings. The van der Waals surface area contributed by atoms with Crippen LogP contribution in [0, 0.1) is 0 Å². The van der Waals surface area contributed by atoms with Crippen LogP contribution >= 0.6 is 11.3 Å². The lowest BCUT2D eigenvalue weighted by Crippen LogP contribution is -1.98. The van der Waals surface area contributed by atoms with E-state index in [4.69, 9.17) is 15.0 Å². The zero-order chi connectivity index (χ0) is 36.0. The van der Waals surface area contributed by atoms with Gasteiger partial charge >= 0.3 is 0 Å². The van der Waals surface area contributed by atoms with E-state index in [1.165, 1.54) is 53.2 Å². The fraction of sp³-hybridized carbons (Fsp3) is 0. The van der Waals surface area contributed by atoms with E-state index >= 15 is 0 Å². The van der Waals surface area contributed by atoms with Crippen molar-refractivity contribution in [2.45, 2.75) is 0 Å². The van der Waals surface area contributed by atoms with Crippen LogP contribution < -0.4 is 0 Å². The Balaban J connectivity index is 1.10. The molecule has 3 aromatic heterocycles. The standard InChI is InChI=1S/C51H29N3S/c1-2-11-30(12-3-1)43-29-44(36-25-23-33-22-21-31-13-10-14-32-24-26-38(36)47(33)46(31)32)53-50(52-43)41-28-27-40(34-15-4-5-16-35(34)41)49-39-18-7-6-17-37(39)48-42-19-8-9-20-45(42)55-51(48)54-49/h1-29H. The molecular formula is C51H29N3S. The third-order valence-electron chi connectivity index (χ3n) is 11.3. The number of hydrogen-bond donors (Lipinski definition) is 0. The summed E-state index contributed by atoms with van der Waals surface area (Å²) in [5.74, 6) is 0.697. The number of benzene rings is 9. The van der Waals surface area contributed by atoms with Crippen LogP contribution in [0.15, 0.2) is 176 Å². The molecular weight excluding hydrogens is 687 g/mol. The van der Waals surface area contributed by atoms with Gasteiger partial charge in [0.05, 0.1) is 17.1 Å². The van der Waals surface area contributed by atoms with Gasteiger partial charge in [-0.05, 0) is 66.7 Å². The molecule has 0 fully saturated rings. The quantitative estimate of drug-likeness (QED) is 0.170. The third-order valence-corrected chi connectivity index (χ3v) is 12.3. The van der Waals surface area contributed by atoms with E-state index in [2.05, 4.69) is 170 Å². The summed E-state index contributed by atoms with van der Waals surface area (Å²) in [6.07, 6.45) is 0. The fourth-order valence-corrected chi connectivity index (χ4v) is 9.86. The van der Waals surface area contributed by atoms with Crippen LogP contribution in [0.25, 0.3) is 119 Å². The predicted molar refractivity (Wildman–Crippen MR) is 233 cm³/mol. The van der Waals surface area contributed by atoms with Gasteiger partial charge in [0.2, 0.25) is 0 Å². The number of fused-ring (bicyclic) bond motifs is 6. The molecule has 12 rings (SSSR count). The molecule has 3 heterocycles. The Hall–Kier alpha value is -7.01. The molecule has 4 heteroatoms. The first kappa shape index (κ1) is 30.5. The molecule has 0 saturated carbocycles. The zero-order valence-electron chi connectivity index (χ0n) is 29.5. The maximum Gasteiger partial charge on any atom is 0.161 e. The van der Waals surface area contributed by atoms with Gasteiger partial charge in [0.1, 0.15) is 4.83 Å². The highest BCUT2D eigenvalue weighted by molar-refractivity contribution is 7.25. The van der Waals surface area contributed by atoms with Gasteiger partial charge in [0.25, 0.3) is 0 Å². The number of thiophene rings is 1. The van der Waals surface area contributed by atoms with Crippen LogP contribution in [0.1, 0.15) is 0 Å². The van der Waals surface area contributed by atoms with Crippen molar-refractivity contribution in [2.24, 2.45) is 0 Å². The van der Waals surface area contributed by atoms with Gasteiger partial charge in [-0.15, -0.1) is 11.3 Å². The van der Waals surface area contributed by atoms with E-state index in [0.717, 1.165) is 60.3 Å². The van der Waals surface area contributed by atoms with Crippen molar-refractivity contribution in [3.63, 3.8) is 0 Å². The van der Waals surface area contributed by atoms with Gasteiger partial charge in [-0.1, -0.05) is 158 Å². The number of rotatable bonds is 4. The van der Waals surface area contributed by atoms with Crippen molar-refractivity contribution in [2.75, 3.05) is 0 Å². The molecule has 55 heavy (non-hydrogen) atoms. The van der Waals surface area contributed by atoms with Gasteiger partial charge in [-0.3, -0.25) is 0 Å². The smallest absolute Gasteiger partial charge is 0.161 e. The molecule has 0 atom stereocenters. The van der Waals surface area contributed by atoms with Crippen LogP contribution in [-0.4, -0.2) is 15.0 Å². The van der Waals surface area contributed by atoms with Gasteiger partial charge in [-0.2, -0.15) is 0 Å². The molecule has 0 aliphatic heterocycles. The molecule has 0 bridgehead atoms. The van der Waals surface area contributed by atoms with Crippen molar-refractivity contribution in [1.82, 2.24) is 15.0 Å². The number of aromatic nitrogens is 3. The summed E-state index contributed by atoms with van der Waals surface area (Å²) in [5, 5.41) is 14.6. The van der Waals surface area contributed by atoms with E-state index in [0.29, 0.717) is 5.82 Å². The van der Waals surface area contributed by atoms with Gasteiger partial charge < -0.3 is 0 Å². The monoisotopic (exact) mass is 715 g/mol. The number of nitrogens with zero attached hydrogens (tertiary/aromatic N) is 3. The Labute approximate surface area is 320 Å². The van der Waals surface area contributed by atoms with Gasteiger partial charge in [0.15, 0.2) is 5.82 Å². The highest BCUT2D eigenvalue weighted by Crippen LogP contribution is 2.44. The molecule has 0 saturated heterocycles. The minimum Gasteiger partial charge on any atom is -0.236 e. The van der Waals surface area contributed by atoms with Crippen molar-refractivity contribution < 1.29 is 0 Å². The minimum absolute atomic E-state index is 0.697. The molecule has 0 radical (unpaired) electrons. The van der Waals surface area contributed by atoms with Crippen molar-refractivity contribution in [3.8, 4) is 45.2 Å². The second-order valence-corrected chi connectivity index (χ2v) is 15.3. The van der Waals surface area contributed by atoms with E-state index in [1.54, 1.807) is 11.3 Å². The normalized spacial score (nSPS) is 12.0. The van der Waals surface area contributed by atoms with Crippen molar-refractivity contribution in [3.05, 3.63) is 176 Å². The Morgan fingerprint density at radius 3 is 1.76 bits per heavy atom. The number of hydrogen-bond acceptors (Lipinski definition) is 4. The molecule has 0 spiro atoms. The molecule has 3 nitrogen and oxygen atoms in total. The average molecular weight is 716 g/mol. The van der Waals surface area contributed by atoms with Crippen LogP contribution in [0.4, 0.5) is 0 Å². The summed E-state index contributed by atoms with van der Waals surface area (Å²) >= 11 is 1.76. The Morgan fingerprint density at radius 1 is 0.345 bits per heavy atom. The first-order chi connectivity index (χ1) is 27.3. The Kier molecular flexibility index (Phi) is 6.50. The van der Waals surface area contributed by atoms with Crippen LogP contribution in [0.2, 0.25) is 0 Å². The summed E-state index contributed by atoms with van der Waals surface area (Å²) < 4.78 is 1.25. The van der Waals surface area contributed by atoms with Crippen LogP contribution in [0.3, 0.4) is 0 Å².